The van der Waals surface area contributed by atoms with Crippen LogP contribution in [0, 0.1) is 10.1 Å². The maximum atomic E-state index is 12.3. The molecular formula is C19H20N2O8S. The van der Waals surface area contributed by atoms with E-state index < -0.39 is 44.8 Å². The maximum Gasteiger partial charge on any atom is 0.339 e. The Morgan fingerprint density at radius 3 is 2.30 bits per heavy atom. The summed E-state index contributed by atoms with van der Waals surface area (Å²) in [6, 6.07) is 9.40. The van der Waals surface area contributed by atoms with Crippen molar-refractivity contribution in [3.8, 4) is 5.75 Å². The predicted molar refractivity (Wildman–Crippen MR) is 106 cm³/mol. The molecule has 1 amide bonds. The first-order chi connectivity index (χ1) is 13.9. The number of hydrogen-bond donors (Lipinski definition) is 1. The van der Waals surface area contributed by atoms with Crippen molar-refractivity contribution in [3.63, 3.8) is 0 Å². The van der Waals surface area contributed by atoms with Gasteiger partial charge in [0.05, 0.1) is 10.5 Å². The molecule has 0 unspecified atom stereocenters. The van der Waals surface area contributed by atoms with Crippen LogP contribution in [0.1, 0.15) is 31.1 Å². The zero-order valence-electron chi connectivity index (χ0n) is 16.4. The van der Waals surface area contributed by atoms with Crippen LogP contribution in [0.3, 0.4) is 0 Å². The minimum atomic E-state index is -4.31. The fraction of sp³-hybridized carbons (Fsp3) is 0.263. The highest BCUT2D eigenvalue weighted by Crippen LogP contribution is 2.22. The summed E-state index contributed by atoms with van der Waals surface area (Å²) in [4.78, 5) is 33.4. The third-order valence-electron chi connectivity index (χ3n) is 3.46. The molecule has 0 heterocycles. The summed E-state index contributed by atoms with van der Waals surface area (Å²) in [5, 5.41) is 13.4. The average Bonchev–Trinajstić information content (AvgIpc) is 2.65. The molecule has 0 aliphatic carbocycles. The van der Waals surface area contributed by atoms with Gasteiger partial charge in [-0.3, -0.25) is 14.9 Å². The van der Waals surface area contributed by atoms with Crippen LogP contribution >= 0.6 is 0 Å². The summed E-state index contributed by atoms with van der Waals surface area (Å²) in [5.41, 5.74) is -0.778. The first-order valence-corrected chi connectivity index (χ1v) is 10.1. The van der Waals surface area contributed by atoms with Crippen LogP contribution in [-0.4, -0.2) is 37.4 Å². The Bertz CT molecular complexity index is 1060. The quantitative estimate of drug-likeness (QED) is 0.302. The van der Waals surface area contributed by atoms with E-state index in [-0.39, 0.29) is 16.2 Å². The number of amides is 1. The predicted octanol–water partition coefficient (Wildman–Crippen LogP) is 2.43. The topological polar surface area (TPSA) is 142 Å². The monoisotopic (exact) mass is 436 g/mol. The van der Waals surface area contributed by atoms with Crippen molar-refractivity contribution >= 4 is 27.7 Å². The van der Waals surface area contributed by atoms with Crippen molar-refractivity contribution < 1.29 is 31.9 Å². The van der Waals surface area contributed by atoms with Crippen LogP contribution in [0.2, 0.25) is 0 Å². The lowest BCUT2D eigenvalue weighted by Crippen LogP contribution is -2.42. The highest BCUT2D eigenvalue weighted by molar-refractivity contribution is 7.87. The maximum absolute atomic E-state index is 12.3. The smallest absolute Gasteiger partial charge is 0.339 e. The zero-order chi connectivity index (χ0) is 22.5. The third kappa shape index (κ3) is 6.55. The van der Waals surface area contributed by atoms with E-state index in [1.807, 2.05) is 0 Å². The molecule has 11 heteroatoms. The minimum Gasteiger partial charge on any atom is -0.452 e. The van der Waals surface area contributed by atoms with Crippen molar-refractivity contribution in [1.29, 1.82) is 0 Å². The summed E-state index contributed by atoms with van der Waals surface area (Å²) in [5.74, 6) is -1.34. The van der Waals surface area contributed by atoms with Crippen LogP contribution in [-0.2, 0) is 19.6 Å². The summed E-state index contributed by atoms with van der Waals surface area (Å²) < 4.78 is 34.5. The van der Waals surface area contributed by atoms with Gasteiger partial charge in [0.15, 0.2) is 6.61 Å². The molecule has 10 nitrogen and oxygen atoms in total. The molecule has 1 N–H and O–H groups in total. The number of esters is 1. The Morgan fingerprint density at radius 1 is 1.10 bits per heavy atom. The fourth-order valence-electron chi connectivity index (χ4n) is 2.24. The highest BCUT2D eigenvalue weighted by Gasteiger charge is 2.20. The summed E-state index contributed by atoms with van der Waals surface area (Å²) >= 11 is 0. The Labute approximate surface area is 173 Å². The summed E-state index contributed by atoms with van der Waals surface area (Å²) in [6.45, 7) is 4.89. The van der Waals surface area contributed by atoms with E-state index in [9.17, 15) is 28.1 Å². The molecule has 0 radical (unpaired) electrons. The molecule has 0 atom stereocenters. The largest absolute Gasteiger partial charge is 0.452 e. The van der Waals surface area contributed by atoms with Gasteiger partial charge in [0.2, 0.25) is 0 Å². The summed E-state index contributed by atoms with van der Waals surface area (Å²) in [7, 11) is -4.31. The van der Waals surface area contributed by atoms with Crippen molar-refractivity contribution in [2.45, 2.75) is 31.2 Å². The third-order valence-corrected chi connectivity index (χ3v) is 4.70. The van der Waals surface area contributed by atoms with Crippen LogP contribution < -0.4 is 9.50 Å². The highest BCUT2D eigenvalue weighted by atomic mass is 32.2. The molecule has 2 aromatic rings. The van der Waals surface area contributed by atoms with Gasteiger partial charge in [0.25, 0.3) is 11.6 Å². The molecule has 0 bridgehead atoms. The van der Waals surface area contributed by atoms with Gasteiger partial charge >= 0.3 is 16.1 Å². The van der Waals surface area contributed by atoms with E-state index >= 15 is 0 Å². The number of nitro groups is 1. The number of hydrogen-bond acceptors (Lipinski definition) is 8. The van der Waals surface area contributed by atoms with Gasteiger partial charge in [-0.2, -0.15) is 8.42 Å². The SMILES string of the molecule is CC(C)(C)NC(=O)COC(=O)c1ccc(OS(=O)(=O)c2cccc([N+](=O)[O-])c2)cc1. The molecule has 0 spiro atoms. The van der Waals surface area contributed by atoms with E-state index in [4.69, 9.17) is 8.92 Å². The Balaban J connectivity index is 2.03. The van der Waals surface area contributed by atoms with Gasteiger partial charge in [-0.05, 0) is 51.1 Å². The van der Waals surface area contributed by atoms with E-state index in [1.165, 1.54) is 30.3 Å². The van der Waals surface area contributed by atoms with E-state index in [2.05, 4.69) is 5.32 Å². The van der Waals surface area contributed by atoms with Crippen LogP contribution in [0.25, 0.3) is 0 Å². The second-order valence-corrected chi connectivity index (χ2v) is 8.74. The van der Waals surface area contributed by atoms with Gasteiger partial charge in [0.1, 0.15) is 10.6 Å². The van der Waals surface area contributed by atoms with Gasteiger partial charge < -0.3 is 14.2 Å². The van der Waals surface area contributed by atoms with E-state index in [0.29, 0.717) is 0 Å². The molecule has 2 rings (SSSR count). The minimum absolute atomic E-state index is 0.0821. The second kappa shape index (κ2) is 8.91. The van der Waals surface area contributed by atoms with Crippen molar-refractivity contribution in [1.82, 2.24) is 5.32 Å². The number of non-ortho nitro benzene ring substituents is 1. The standard InChI is InChI=1S/C19H20N2O8S/c1-19(2,3)20-17(22)12-28-18(23)13-7-9-15(10-8-13)29-30(26,27)16-6-4-5-14(11-16)21(24)25/h4-11H,12H2,1-3H3,(H,20,22). The molecular weight excluding hydrogens is 416 g/mol. The normalized spacial score (nSPS) is 11.4. The molecule has 0 saturated heterocycles. The number of ether oxygens (including phenoxy) is 1. The van der Waals surface area contributed by atoms with Crippen LogP contribution in [0.4, 0.5) is 5.69 Å². The van der Waals surface area contributed by atoms with Gasteiger partial charge in [-0.1, -0.05) is 6.07 Å². The van der Waals surface area contributed by atoms with Gasteiger partial charge in [-0.25, -0.2) is 4.79 Å². The lowest BCUT2D eigenvalue weighted by molar-refractivity contribution is -0.385. The molecule has 0 fully saturated rings. The second-order valence-electron chi connectivity index (χ2n) is 7.19. The zero-order valence-corrected chi connectivity index (χ0v) is 17.3. The van der Waals surface area contributed by atoms with E-state index in [0.717, 1.165) is 18.2 Å². The molecule has 160 valence electrons. The van der Waals surface area contributed by atoms with Crippen LogP contribution in [0.15, 0.2) is 53.4 Å². The molecule has 0 aliphatic heterocycles. The number of benzene rings is 2. The number of nitrogens with one attached hydrogen (secondary N) is 1. The van der Waals surface area contributed by atoms with Crippen molar-refractivity contribution in [3.05, 3.63) is 64.2 Å². The number of carbonyl (C=O) groups is 2. The van der Waals surface area contributed by atoms with Gasteiger partial charge in [0, 0.05) is 17.7 Å². The molecule has 2 aromatic carbocycles. The Kier molecular flexibility index (Phi) is 6.77. The Hall–Kier alpha value is -3.47. The van der Waals surface area contributed by atoms with E-state index in [1.54, 1.807) is 20.8 Å². The number of nitro benzene ring substituents is 1. The van der Waals surface area contributed by atoms with Gasteiger partial charge in [-0.15, -0.1) is 0 Å². The van der Waals surface area contributed by atoms with Crippen molar-refractivity contribution in [2.75, 3.05) is 6.61 Å². The van der Waals surface area contributed by atoms with Crippen LogP contribution in [0.5, 0.6) is 5.75 Å². The molecule has 0 saturated carbocycles. The lowest BCUT2D eigenvalue weighted by atomic mass is 10.1. The Morgan fingerprint density at radius 2 is 1.73 bits per heavy atom. The molecule has 0 aliphatic rings. The fourth-order valence-corrected chi connectivity index (χ4v) is 3.21. The first-order valence-electron chi connectivity index (χ1n) is 8.64. The number of rotatable bonds is 7. The number of nitrogens with zero attached hydrogens (tertiary/aromatic N) is 1. The lowest BCUT2D eigenvalue weighted by Gasteiger charge is -2.20. The van der Waals surface area contributed by atoms with Crippen molar-refractivity contribution in [2.24, 2.45) is 0 Å². The molecule has 0 aromatic heterocycles. The first kappa shape index (κ1) is 22.8. The number of carbonyl (C=O) groups excluding carboxylic acids is 2. The summed E-state index contributed by atoms with van der Waals surface area (Å²) in [6.07, 6.45) is 0. The average molecular weight is 436 g/mol. The molecule has 30 heavy (non-hydrogen) atoms.